The summed E-state index contributed by atoms with van der Waals surface area (Å²) in [6.07, 6.45) is 5.90. The fourth-order valence-corrected chi connectivity index (χ4v) is 4.53. The summed E-state index contributed by atoms with van der Waals surface area (Å²) in [6.45, 7) is 3.76. The molecule has 0 aliphatic carbocycles. The minimum atomic E-state index is 0.558. The van der Waals surface area contributed by atoms with Crippen molar-refractivity contribution in [3.63, 3.8) is 0 Å². The second-order valence-corrected chi connectivity index (χ2v) is 7.39. The van der Waals surface area contributed by atoms with Crippen molar-refractivity contribution >= 4 is 16.7 Å². The van der Waals surface area contributed by atoms with Gasteiger partial charge in [-0.05, 0) is 56.0 Å². The largest absolute Gasteiger partial charge is 0.367 e. The topological polar surface area (TPSA) is 44.0 Å². The smallest absolute Gasteiger partial charge is 0.126 e. The van der Waals surface area contributed by atoms with Crippen LogP contribution >= 0.6 is 0 Å². The van der Waals surface area contributed by atoms with Crippen molar-refractivity contribution in [2.45, 2.75) is 25.3 Å². The van der Waals surface area contributed by atoms with E-state index in [1.807, 2.05) is 6.20 Å². The van der Waals surface area contributed by atoms with E-state index in [9.17, 15) is 0 Å². The van der Waals surface area contributed by atoms with Crippen molar-refractivity contribution in [1.82, 2.24) is 14.9 Å². The van der Waals surface area contributed by atoms with Crippen molar-refractivity contribution in [3.05, 3.63) is 48.7 Å². The molecule has 2 fully saturated rings. The first-order valence-electron chi connectivity index (χ1n) is 9.39. The van der Waals surface area contributed by atoms with Crippen LogP contribution in [0.3, 0.4) is 0 Å². The molecule has 3 atom stereocenters. The van der Waals surface area contributed by atoms with Gasteiger partial charge in [-0.1, -0.05) is 18.2 Å². The van der Waals surface area contributed by atoms with Crippen LogP contribution in [0, 0.1) is 5.92 Å². The minimum Gasteiger partial charge on any atom is -0.367 e. The third-order valence-corrected chi connectivity index (χ3v) is 5.82. The van der Waals surface area contributed by atoms with E-state index in [2.05, 4.69) is 57.7 Å². The molecule has 2 saturated heterocycles. The highest BCUT2D eigenvalue weighted by Crippen LogP contribution is 2.30. The quantitative estimate of drug-likeness (QED) is 0.758. The van der Waals surface area contributed by atoms with Gasteiger partial charge in [-0.3, -0.25) is 0 Å². The predicted molar refractivity (Wildman–Crippen MR) is 103 cm³/mol. The van der Waals surface area contributed by atoms with Gasteiger partial charge in [0.15, 0.2) is 0 Å². The Balaban J connectivity index is 1.42. The van der Waals surface area contributed by atoms with E-state index < -0.39 is 0 Å². The van der Waals surface area contributed by atoms with E-state index in [4.69, 9.17) is 4.98 Å². The first-order chi connectivity index (χ1) is 12.4. The van der Waals surface area contributed by atoms with Crippen LogP contribution in [0.25, 0.3) is 22.2 Å². The highest BCUT2D eigenvalue weighted by Gasteiger charge is 2.32. The maximum absolute atomic E-state index is 4.93. The summed E-state index contributed by atoms with van der Waals surface area (Å²) in [7, 11) is 0. The molecule has 2 aliphatic heterocycles. The van der Waals surface area contributed by atoms with Gasteiger partial charge < -0.3 is 15.2 Å². The van der Waals surface area contributed by atoms with Crippen molar-refractivity contribution in [1.29, 1.82) is 0 Å². The lowest BCUT2D eigenvalue weighted by Gasteiger charge is -2.43. The van der Waals surface area contributed by atoms with Gasteiger partial charge in [0, 0.05) is 41.8 Å². The van der Waals surface area contributed by atoms with Gasteiger partial charge in [-0.25, -0.2) is 4.98 Å². The standard InChI is InChI=1S/C21H24N4/c1-5-16(17-9-11-22-19(17)6-1)20-7-2-8-21(24-20)23-18-10-13-25-12-3-4-15(18)14-25/h1-2,5-9,11,15,18,22H,3-4,10,12-14H2,(H,23,24)/t15-,18+/m1/s1. The summed E-state index contributed by atoms with van der Waals surface area (Å²) < 4.78 is 0. The number of pyridine rings is 1. The Morgan fingerprint density at radius 1 is 1.04 bits per heavy atom. The molecule has 4 nitrogen and oxygen atoms in total. The molecule has 0 saturated carbocycles. The van der Waals surface area contributed by atoms with Gasteiger partial charge in [0.1, 0.15) is 5.82 Å². The molecule has 3 aromatic rings. The Labute approximate surface area is 148 Å². The zero-order valence-corrected chi connectivity index (χ0v) is 14.4. The molecule has 2 aliphatic rings. The molecule has 0 radical (unpaired) electrons. The van der Waals surface area contributed by atoms with E-state index in [1.54, 1.807) is 0 Å². The molecule has 0 amide bonds. The van der Waals surface area contributed by atoms with Gasteiger partial charge in [0.2, 0.25) is 0 Å². The lowest BCUT2D eigenvalue weighted by atomic mass is 9.85. The molecular weight excluding hydrogens is 308 g/mol. The molecule has 1 unspecified atom stereocenters. The lowest BCUT2D eigenvalue weighted by Crippen LogP contribution is -2.49. The first-order valence-corrected chi connectivity index (χ1v) is 9.39. The van der Waals surface area contributed by atoms with Crippen molar-refractivity contribution in [2.24, 2.45) is 5.92 Å². The zero-order valence-electron chi connectivity index (χ0n) is 14.4. The van der Waals surface area contributed by atoms with Gasteiger partial charge >= 0.3 is 0 Å². The van der Waals surface area contributed by atoms with E-state index in [0.29, 0.717) is 6.04 Å². The average Bonchev–Trinajstić information content (AvgIpc) is 3.13. The maximum Gasteiger partial charge on any atom is 0.126 e. The van der Waals surface area contributed by atoms with E-state index >= 15 is 0 Å². The highest BCUT2D eigenvalue weighted by molar-refractivity contribution is 5.94. The number of anilines is 1. The summed E-state index contributed by atoms with van der Waals surface area (Å²) in [5, 5.41) is 4.97. The number of nitrogens with one attached hydrogen (secondary N) is 2. The Morgan fingerprint density at radius 3 is 3.00 bits per heavy atom. The van der Waals surface area contributed by atoms with Crippen LogP contribution in [-0.4, -0.2) is 40.5 Å². The second-order valence-electron chi connectivity index (χ2n) is 7.39. The van der Waals surface area contributed by atoms with E-state index in [-0.39, 0.29) is 0 Å². The van der Waals surface area contributed by atoms with Crippen LogP contribution in [0.15, 0.2) is 48.7 Å². The Hall–Kier alpha value is -2.33. The van der Waals surface area contributed by atoms with Crippen LogP contribution in [0.1, 0.15) is 19.3 Å². The molecule has 0 spiro atoms. The summed E-state index contributed by atoms with van der Waals surface area (Å²) in [6, 6.07) is 15.4. The zero-order chi connectivity index (χ0) is 16.6. The number of fused-ring (bicyclic) bond motifs is 3. The van der Waals surface area contributed by atoms with E-state index in [0.717, 1.165) is 22.9 Å². The molecule has 2 aromatic heterocycles. The predicted octanol–water partition coefficient (Wildman–Crippen LogP) is 4.13. The molecule has 1 aromatic carbocycles. The van der Waals surface area contributed by atoms with Crippen LogP contribution in [0.2, 0.25) is 0 Å². The number of benzene rings is 1. The first kappa shape index (κ1) is 15.0. The van der Waals surface area contributed by atoms with Crippen LogP contribution < -0.4 is 5.32 Å². The number of nitrogens with zero attached hydrogens (tertiary/aromatic N) is 2. The molecule has 4 heteroatoms. The third-order valence-electron chi connectivity index (χ3n) is 5.82. The van der Waals surface area contributed by atoms with Crippen molar-refractivity contribution in [3.8, 4) is 11.3 Å². The van der Waals surface area contributed by atoms with Gasteiger partial charge in [-0.15, -0.1) is 0 Å². The minimum absolute atomic E-state index is 0.558. The molecule has 2 N–H and O–H groups in total. The average molecular weight is 332 g/mol. The monoisotopic (exact) mass is 332 g/mol. The Kier molecular flexibility index (Phi) is 3.71. The van der Waals surface area contributed by atoms with Crippen molar-refractivity contribution in [2.75, 3.05) is 25.0 Å². The lowest BCUT2D eigenvalue weighted by molar-refractivity contribution is 0.113. The van der Waals surface area contributed by atoms with Crippen molar-refractivity contribution < 1.29 is 0 Å². The summed E-state index contributed by atoms with van der Waals surface area (Å²) in [5.41, 5.74) is 3.39. The van der Waals surface area contributed by atoms with Gasteiger partial charge in [0.05, 0.1) is 5.69 Å². The van der Waals surface area contributed by atoms with E-state index in [1.165, 1.54) is 49.8 Å². The summed E-state index contributed by atoms with van der Waals surface area (Å²) >= 11 is 0. The number of piperidine rings is 2. The van der Waals surface area contributed by atoms with Crippen LogP contribution in [0.4, 0.5) is 5.82 Å². The molecule has 128 valence electrons. The second kappa shape index (κ2) is 6.19. The number of hydrogen-bond donors (Lipinski definition) is 2. The number of aromatic amines is 1. The SMILES string of the molecule is c1cc(N[C@H]2CCN3CCC[C@@H]2C3)nc(-c2cccc3[nH]ccc23)c1. The molecule has 5 rings (SSSR count). The number of rotatable bonds is 3. The Morgan fingerprint density at radius 2 is 2.00 bits per heavy atom. The number of hydrogen-bond acceptors (Lipinski definition) is 3. The fourth-order valence-electron chi connectivity index (χ4n) is 4.53. The number of aromatic nitrogens is 2. The molecular formula is C21H24N4. The van der Waals surface area contributed by atoms with Crippen LogP contribution in [-0.2, 0) is 0 Å². The van der Waals surface area contributed by atoms with Gasteiger partial charge in [-0.2, -0.15) is 0 Å². The van der Waals surface area contributed by atoms with Gasteiger partial charge in [0.25, 0.3) is 0 Å². The summed E-state index contributed by atoms with van der Waals surface area (Å²) in [5.74, 6) is 1.77. The molecule has 2 bridgehead atoms. The summed E-state index contributed by atoms with van der Waals surface area (Å²) in [4.78, 5) is 10.8. The normalized spacial score (nSPS) is 25.8. The Bertz CT molecular complexity index is 884. The fraction of sp³-hybridized carbons (Fsp3) is 0.381. The maximum atomic E-state index is 4.93. The molecule has 4 heterocycles. The van der Waals surface area contributed by atoms with Crippen LogP contribution in [0.5, 0.6) is 0 Å². The third kappa shape index (κ3) is 2.81. The molecule has 25 heavy (non-hydrogen) atoms. The highest BCUT2D eigenvalue weighted by atomic mass is 15.2. The number of H-pyrrole nitrogens is 1.